The second-order valence-corrected chi connectivity index (χ2v) is 8.46. The predicted molar refractivity (Wildman–Crippen MR) is 137 cm³/mol. The molecule has 3 aromatic rings. The number of amides is 2. The average Bonchev–Trinajstić information content (AvgIpc) is 2.89. The van der Waals surface area contributed by atoms with E-state index in [0.717, 1.165) is 35.2 Å². The topological polar surface area (TPSA) is 67.9 Å². The molecule has 1 aliphatic rings. The Morgan fingerprint density at radius 3 is 2.40 bits per heavy atom. The normalized spacial score (nSPS) is 13.5. The van der Waals surface area contributed by atoms with Gasteiger partial charge in [0.1, 0.15) is 6.04 Å². The number of carbonyl (C=O) groups is 2. The van der Waals surface area contributed by atoms with Gasteiger partial charge in [0.25, 0.3) is 5.91 Å². The molecule has 0 fully saturated rings. The largest absolute Gasteiger partial charge is 0.490 e. The first-order valence-corrected chi connectivity index (χ1v) is 12.2. The zero-order chi connectivity index (χ0) is 24.6. The van der Waals surface area contributed by atoms with Crippen LogP contribution >= 0.6 is 0 Å². The van der Waals surface area contributed by atoms with Crippen molar-refractivity contribution >= 4 is 17.5 Å². The van der Waals surface area contributed by atoms with E-state index in [1.165, 1.54) is 0 Å². The molecule has 0 aliphatic carbocycles. The summed E-state index contributed by atoms with van der Waals surface area (Å²) in [6.45, 7) is 5.48. The van der Waals surface area contributed by atoms with Gasteiger partial charge in [0.15, 0.2) is 11.5 Å². The molecule has 1 N–H and O–H groups in total. The number of ether oxygens (including phenoxy) is 2. The summed E-state index contributed by atoms with van der Waals surface area (Å²) >= 11 is 0. The molecule has 0 unspecified atom stereocenters. The van der Waals surface area contributed by atoms with Gasteiger partial charge in [-0.05, 0) is 61.6 Å². The lowest BCUT2D eigenvalue weighted by molar-refractivity contribution is -0.127. The number of rotatable bonds is 9. The summed E-state index contributed by atoms with van der Waals surface area (Å²) in [6.07, 6.45) is 1.96. The van der Waals surface area contributed by atoms with E-state index in [0.29, 0.717) is 31.3 Å². The number of para-hydroxylation sites is 1. The molecular formula is C29H32N2O4. The summed E-state index contributed by atoms with van der Waals surface area (Å²) in [4.78, 5) is 28.7. The Kier molecular flexibility index (Phi) is 8.03. The summed E-state index contributed by atoms with van der Waals surface area (Å²) in [6, 6.07) is 22.1. The summed E-state index contributed by atoms with van der Waals surface area (Å²) in [5, 5.41) is 3.00. The zero-order valence-corrected chi connectivity index (χ0v) is 20.3. The van der Waals surface area contributed by atoms with E-state index in [1.54, 1.807) is 4.90 Å². The van der Waals surface area contributed by atoms with E-state index in [-0.39, 0.29) is 18.2 Å². The molecule has 4 rings (SSSR count). The smallest absolute Gasteiger partial charge is 0.254 e. The molecule has 0 radical (unpaired) electrons. The summed E-state index contributed by atoms with van der Waals surface area (Å²) < 4.78 is 11.3. The van der Waals surface area contributed by atoms with Gasteiger partial charge >= 0.3 is 0 Å². The molecule has 0 spiro atoms. The third-order valence-electron chi connectivity index (χ3n) is 6.03. The fraction of sp³-hybridized carbons (Fsp3) is 0.310. The highest BCUT2D eigenvalue weighted by molar-refractivity contribution is 6.00. The maximum atomic E-state index is 13.8. The van der Waals surface area contributed by atoms with Crippen LogP contribution in [0.3, 0.4) is 0 Å². The van der Waals surface area contributed by atoms with Crippen molar-refractivity contribution in [3.63, 3.8) is 0 Å². The second kappa shape index (κ2) is 11.6. The number of nitrogens with zero attached hydrogens (tertiary/aromatic N) is 1. The van der Waals surface area contributed by atoms with Crippen molar-refractivity contribution in [2.45, 2.75) is 39.2 Å². The molecule has 35 heavy (non-hydrogen) atoms. The Balaban J connectivity index is 1.56. The van der Waals surface area contributed by atoms with Gasteiger partial charge in [-0.3, -0.25) is 9.59 Å². The fourth-order valence-corrected chi connectivity index (χ4v) is 4.45. The van der Waals surface area contributed by atoms with Gasteiger partial charge in [0.05, 0.1) is 19.6 Å². The molecule has 6 heteroatoms. The summed E-state index contributed by atoms with van der Waals surface area (Å²) in [5.41, 5.74) is 3.63. The van der Waals surface area contributed by atoms with Crippen LogP contribution in [0.2, 0.25) is 0 Å². The Morgan fingerprint density at radius 2 is 1.63 bits per heavy atom. The van der Waals surface area contributed by atoms with E-state index in [4.69, 9.17) is 9.47 Å². The molecule has 1 heterocycles. The zero-order valence-electron chi connectivity index (χ0n) is 20.3. The molecular weight excluding hydrogens is 440 g/mol. The first-order chi connectivity index (χ1) is 17.1. The minimum absolute atomic E-state index is 0.125. The summed E-state index contributed by atoms with van der Waals surface area (Å²) in [5.74, 6) is 0.905. The third kappa shape index (κ3) is 5.83. The first-order valence-electron chi connectivity index (χ1n) is 12.2. The van der Waals surface area contributed by atoms with Crippen molar-refractivity contribution < 1.29 is 19.1 Å². The van der Waals surface area contributed by atoms with Crippen molar-refractivity contribution in [2.24, 2.45) is 0 Å². The van der Waals surface area contributed by atoms with E-state index in [9.17, 15) is 9.59 Å². The standard InChI is InChI=1S/C29H32N2O4/c1-3-34-25-17-16-21(19-26(25)35-4-2)20-27(32)30-28(23-12-6-5-7-13-23)29(33)31-18-10-14-22-11-8-9-15-24(22)31/h5-9,11-13,15-17,19,28H,3-4,10,14,18,20H2,1-2H3,(H,30,32)/t28-/m1/s1. The predicted octanol–water partition coefficient (Wildman–Crippen LogP) is 4.86. The molecule has 2 amide bonds. The second-order valence-electron chi connectivity index (χ2n) is 8.46. The van der Waals surface area contributed by atoms with Crippen LogP contribution < -0.4 is 19.7 Å². The Hall–Kier alpha value is -3.80. The van der Waals surface area contributed by atoms with Gasteiger partial charge in [-0.1, -0.05) is 54.6 Å². The average molecular weight is 473 g/mol. The van der Waals surface area contributed by atoms with Crippen LogP contribution in [-0.2, 0) is 22.4 Å². The highest BCUT2D eigenvalue weighted by atomic mass is 16.5. The van der Waals surface area contributed by atoms with E-state index < -0.39 is 6.04 Å². The first kappa shape index (κ1) is 24.3. The Labute approximate surface area is 206 Å². The minimum atomic E-state index is -0.774. The maximum Gasteiger partial charge on any atom is 0.254 e. The van der Waals surface area contributed by atoms with Crippen LogP contribution in [0, 0.1) is 0 Å². The van der Waals surface area contributed by atoms with Crippen LogP contribution in [0.15, 0.2) is 72.8 Å². The number of hydrogen-bond acceptors (Lipinski definition) is 4. The quantitative estimate of drug-likeness (QED) is 0.483. The van der Waals surface area contributed by atoms with E-state index >= 15 is 0 Å². The number of carbonyl (C=O) groups excluding carboxylic acids is 2. The van der Waals surface area contributed by atoms with Crippen LogP contribution in [0.5, 0.6) is 11.5 Å². The molecule has 6 nitrogen and oxygen atoms in total. The van der Waals surface area contributed by atoms with E-state index in [2.05, 4.69) is 11.4 Å². The number of aryl methyl sites for hydroxylation is 1. The number of nitrogens with one attached hydrogen (secondary N) is 1. The van der Waals surface area contributed by atoms with Crippen LogP contribution in [-0.4, -0.2) is 31.6 Å². The monoisotopic (exact) mass is 472 g/mol. The lowest BCUT2D eigenvalue weighted by Gasteiger charge is -2.32. The number of hydrogen-bond donors (Lipinski definition) is 1. The lowest BCUT2D eigenvalue weighted by Crippen LogP contribution is -2.45. The van der Waals surface area contributed by atoms with Gasteiger partial charge < -0.3 is 19.7 Å². The van der Waals surface area contributed by atoms with Gasteiger partial charge in [-0.15, -0.1) is 0 Å². The highest BCUT2D eigenvalue weighted by Gasteiger charge is 2.31. The molecule has 3 aromatic carbocycles. The fourth-order valence-electron chi connectivity index (χ4n) is 4.45. The molecule has 182 valence electrons. The molecule has 0 saturated heterocycles. The third-order valence-corrected chi connectivity index (χ3v) is 6.03. The van der Waals surface area contributed by atoms with Crippen molar-refractivity contribution in [2.75, 3.05) is 24.7 Å². The lowest BCUT2D eigenvalue weighted by atomic mass is 9.99. The number of anilines is 1. The SMILES string of the molecule is CCOc1ccc(CC(=O)N[C@@H](C(=O)N2CCCc3ccccc32)c2ccccc2)cc1OCC. The number of benzene rings is 3. The van der Waals surface area contributed by atoms with Crippen LogP contribution in [0.1, 0.15) is 43.0 Å². The molecule has 0 saturated carbocycles. The van der Waals surface area contributed by atoms with Gasteiger partial charge in [0.2, 0.25) is 5.91 Å². The maximum absolute atomic E-state index is 13.8. The van der Waals surface area contributed by atoms with Gasteiger partial charge in [-0.2, -0.15) is 0 Å². The van der Waals surface area contributed by atoms with Gasteiger partial charge in [-0.25, -0.2) is 0 Å². The molecule has 1 atom stereocenters. The Bertz CT molecular complexity index is 1160. The molecule has 1 aliphatic heterocycles. The van der Waals surface area contributed by atoms with Crippen LogP contribution in [0.4, 0.5) is 5.69 Å². The van der Waals surface area contributed by atoms with Crippen molar-refractivity contribution in [1.29, 1.82) is 0 Å². The molecule has 0 aromatic heterocycles. The Morgan fingerprint density at radius 1 is 0.914 bits per heavy atom. The van der Waals surface area contributed by atoms with Crippen molar-refractivity contribution in [3.05, 3.63) is 89.5 Å². The number of fused-ring (bicyclic) bond motifs is 1. The van der Waals surface area contributed by atoms with Crippen LogP contribution in [0.25, 0.3) is 0 Å². The van der Waals surface area contributed by atoms with Crippen molar-refractivity contribution in [1.82, 2.24) is 5.32 Å². The highest BCUT2D eigenvalue weighted by Crippen LogP contribution is 2.31. The van der Waals surface area contributed by atoms with E-state index in [1.807, 2.05) is 80.6 Å². The van der Waals surface area contributed by atoms with Gasteiger partial charge in [0, 0.05) is 12.2 Å². The summed E-state index contributed by atoms with van der Waals surface area (Å²) in [7, 11) is 0. The van der Waals surface area contributed by atoms with Crippen molar-refractivity contribution in [3.8, 4) is 11.5 Å². The minimum Gasteiger partial charge on any atom is -0.490 e. The molecule has 0 bridgehead atoms.